The van der Waals surface area contributed by atoms with Crippen molar-refractivity contribution in [3.05, 3.63) is 194 Å². The van der Waals surface area contributed by atoms with Gasteiger partial charge in [-0.3, -0.25) is 4.98 Å². The van der Waals surface area contributed by atoms with Gasteiger partial charge >= 0.3 is 0 Å². The Labute approximate surface area is 343 Å². The highest BCUT2D eigenvalue weighted by Crippen LogP contribution is 2.48. The van der Waals surface area contributed by atoms with Gasteiger partial charge in [-0.05, 0) is 119 Å². The Kier molecular flexibility index (Phi) is 6.91. The van der Waals surface area contributed by atoms with Gasteiger partial charge in [0.25, 0.3) is 0 Å². The molecule has 0 unspecified atom stereocenters. The Bertz CT molecular complexity index is 3700. The maximum absolute atomic E-state index is 5.20. The number of fused-ring (bicyclic) bond motifs is 10. The van der Waals surface area contributed by atoms with E-state index >= 15 is 0 Å². The smallest absolute Gasteiger partial charge is 0.112 e. The molecule has 0 spiro atoms. The van der Waals surface area contributed by atoms with Crippen LogP contribution in [0.1, 0.15) is 0 Å². The van der Waals surface area contributed by atoms with Crippen LogP contribution in [-0.2, 0) is 0 Å². The Morgan fingerprint density at radius 3 is 1.54 bits per heavy atom. The largest absolute Gasteiger partial charge is 0.309 e. The Balaban J connectivity index is 0.998. The van der Waals surface area contributed by atoms with Crippen LogP contribution in [0.2, 0.25) is 0 Å². The normalized spacial score (nSPS) is 12.3. The van der Waals surface area contributed by atoms with Crippen molar-refractivity contribution in [3.63, 3.8) is 0 Å². The third kappa shape index (κ3) is 4.86. The lowest BCUT2D eigenvalue weighted by molar-refractivity contribution is 1.18. The third-order valence-corrected chi connectivity index (χ3v) is 13.2. The molecule has 274 valence electrons. The molecule has 0 radical (unpaired) electrons. The van der Waals surface area contributed by atoms with Gasteiger partial charge in [-0.2, -0.15) is 0 Å². The standard InChI is InChI=1S/C54H32N4S/c1-3-11-37(12-4-1)57-47-17-9-7-15-39(47)43-30-34(20-24-48(43)57)36-22-26-50-45(32-36)44-31-35(21-25-49(44)58(50)38-13-5-2-6-14-38)33-19-23-46-42(29-33)40-27-28-55-53-41-16-8-10-18-51(41)59-54(56-46)52(40)53/h1-32H. The molecule has 0 amide bonds. The summed E-state index contributed by atoms with van der Waals surface area (Å²) < 4.78 is 4.77. The van der Waals surface area contributed by atoms with Gasteiger partial charge in [0.05, 0.1) is 33.3 Å². The zero-order valence-corrected chi connectivity index (χ0v) is 32.5. The van der Waals surface area contributed by atoms with Gasteiger partial charge in [0.15, 0.2) is 0 Å². The van der Waals surface area contributed by atoms with Crippen molar-refractivity contribution in [2.45, 2.75) is 9.92 Å². The Hall–Kier alpha value is -7.47. The summed E-state index contributed by atoms with van der Waals surface area (Å²) in [4.78, 5) is 11.3. The number of hydrogen-bond donors (Lipinski definition) is 0. The molecule has 5 heteroatoms. The first kappa shape index (κ1) is 32.6. The van der Waals surface area contributed by atoms with Gasteiger partial charge in [0, 0.05) is 60.3 Å². The van der Waals surface area contributed by atoms with E-state index in [1.54, 1.807) is 11.8 Å². The van der Waals surface area contributed by atoms with E-state index in [9.17, 15) is 0 Å². The fourth-order valence-electron chi connectivity index (χ4n) is 9.48. The van der Waals surface area contributed by atoms with E-state index in [2.05, 4.69) is 197 Å². The van der Waals surface area contributed by atoms with E-state index < -0.39 is 0 Å². The molecule has 5 heterocycles. The predicted molar refractivity (Wildman–Crippen MR) is 246 cm³/mol. The molecule has 12 aromatic rings. The second-order valence-corrected chi connectivity index (χ2v) is 16.4. The molecule has 13 rings (SSSR count). The number of para-hydroxylation sites is 3. The number of benzene rings is 8. The van der Waals surface area contributed by atoms with Gasteiger partial charge < -0.3 is 9.13 Å². The SMILES string of the molecule is c1ccc(-n2c3ccccc3c3cc(-c4ccc5c(c4)c4cc(-c6ccc7nc8c9c(nccc9c7c6)-c6ccccc6S8)ccc4n5-c4ccccc4)ccc32)cc1. The molecule has 0 N–H and O–H groups in total. The molecule has 0 aliphatic carbocycles. The summed E-state index contributed by atoms with van der Waals surface area (Å²) in [5.74, 6) is 0. The molecule has 4 nitrogen and oxygen atoms in total. The zero-order valence-electron chi connectivity index (χ0n) is 31.7. The second-order valence-electron chi connectivity index (χ2n) is 15.4. The first-order chi connectivity index (χ1) is 29.2. The van der Waals surface area contributed by atoms with Gasteiger partial charge in [-0.25, -0.2) is 4.98 Å². The van der Waals surface area contributed by atoms with Gasteiger partial charge in [-0.1, -0.05) is 109 Å². The lowest BCUT2D eigenvalue weighted by Crippen LogP contribution is -1.98. The van der Waals surface area contributed by atoms with Crippen molar-refractivity contribution in [2.75, 3.05) is 0 Å². The second kappa shape index (κ2) is 12.5. The summed E-state index contributed by atoms with van der Waals surface area (Å²) in [6.07, 6.45) is 1.95. The van der Waals surface area contributed by atoms with Crippen molar-refractivity contribution in [1.29, 1.82) is 0 Å². The summed E-state index contributed by atoms with van der Waals surface area (Å²) in [5, 5.41) is 9.43. The number of rotatable bonds is 4. The highest BCUT2D eigenvalue weighted by molar-refractivity contribution is 7.99. The van der Waals surface area contributed by atoms with Crippen LogP contribution in [0.5, 0.6) is 0 Å². The van der Waals surface area contributed by atoms with E-state index in [1.807, 2.05) is 6.20 Å². The number of aromatic nitrogens is 4. The molecular weight excluding hydrogens is 737 g/mol. The average molecular weight is 769 g/mol. The first-order valence-corrected chi connectivity index (χ1v) is 20.8. The molecule has 1 aliphatic rings. The molecule has 0 fully saturated rings. The van der Waals surface area contributed by atoms with Crippen LogP contribution in [0.25, 0.3) is 110 Å². The predicted octanol–water partition coefficient (Wildman–Crippen LogP) is 14.4. The lowest BCUT2D eigenvalue weighted by atomic mass is 9.97. The molecular formula is C54H32N4S. The molecule has 0 saturated heterocycles. The molecule has 1 aliphatic heterocycles. The lowest BCUT2D eigenvalue weighted by Gasteiger charge is -2.19. The maximum Gasteiger partial charge on any atom is 0.112 e. The summed E-state index contributed by atoms with van der Waals surface area (Å²) in [5.41, 5.74) is 15.0. The van der Waals surface area contributed by atoms with E-state index in [0.29, 0.717) is 0 Å². The molecule has 8 aromatic carbocycles. The monoisotopic (exact) mass is 768 g/mol. The Morgan fingerprint density at radius 1 is 0.390 bits per heavy atom. The van der Waals surface area contributed by atoms with Crippen molar-refractivity contribution in [2.24, 2.45) is 0 Å². The van der Waals surface area contributed by atoms with Gasteiger partial charge in [0.1, 0.15) is 5.03 Å². The van der Waals surface area contributed by atoms with Crippen LogP contribution in [0, 0.1) is 0 Å². The fourth-order valence-corrected chi connectivity index (χ4v) is 10.6. The minimum absolute atomic E-state index is 0.996. The fraction of sp³-hybridized carbons (Fsp3) is 0. The van der Waals surface area contributed by atoms with E-state index in [0.717, 1.165) is 38.3 Å². The summed E-state index contributed by atoms with van der Waals surface area (Å²) >= 11 is 1.74. The summed E-state index contributed by atoms with van der Waals surface area (Å²) in [7, 11) is 0. The van der Waals surface area contributed by atoms with Gasteiger partial charge in [-0.15, -0.1) is 0 Å². The topological polar surface area (TPSA) is 35.6 Å². The van der Waals surface area contributed by atoms with Crippen molar-refractivity contribution in [1.82, 2.24) is 19.1 Å². The quantitative estimate of drug-likeness (QED) is 0.167. The van der Waals surface area contributed by atoms with Crippen LogP contribution < -0.4 is 0 Å². The number of hydrogen-bond acceptors (Lipinski definition) is 3. The highest BCUT2D eigenvalue weighted by atomic mass is 32.2. The number of nitrogens with zero attached hydrogens (tertiary/aromatic N) is 4. The molecule has 0 saturated carbocycles. The Morgan fingerprint density at radius 2 is 0.898 bits per heavy atom. The van der Waals surface area contributed by atoms with Crippen LogP contribution in [0.4, 0.5) is 0 Å². The highest BCUT2D eigenvalue weighted by Gasteiger charge is 2.23. The van der Waals surface area contributed by atoms with Crippen molar-refractivity contribution >= 4 is 77.0 Å². The van der Waals surface area contributed by atoms with E-state index in [4.69, 9.17) is 9.97 Å². The minimum atomic E-state index is 0.996. The molecule has 4 aromatic heterocycles. The van der Waals surface area contributed by atoms with Crippen LogP contribution in [-0.4, -0.2) is 19.1 Å². The minimum Gasteiger partial charge on any atom is -0.309 e. The van der Waals surface area contributed by atoms with Crippen LogP contribution in [0.3, 0.4) is 0 Å². The van der Waals surface area contributed by atoms with Crippen LogP contribution >= 0.6 is 11.8 Å². The van der Waals surface area contributed by atoms with E-state index in [-0.39, 0.29) is 0 Å². The molecule has 59 heavy (non-hydrogen) atoms. The van der Waals surface area contributed by atoms with Gasteiger partial charge in [0.2, 0.25) is 0 Å². The number of pyridine rings is 2. The summed E-state index contributed by atoms with van der Waals surface area (Å²) in [6, 6.07) is 68.3. The maximum atomic E-state index is 5.20. The zero-order chi connectivity index (χ0) is 38.6. The third-order valence-electron chi connectivity index (χ3n) is 12.2. The van der Waals surface area contributed by atoms with Crippen LogP contribution in [0.15, 0.2) is 204 Å². The molecule has 0 atom stereocenters. The average Bonchev–Trinajstić information content (AvgIpc) is 3.81. The first-order valence-electron chi connectivity index (χ1n) is 20.0. The molecule has 0 bridgehead atoms. The summed E-state index contributed by atoms with van der Waals surface area (Å²) in [6.45, 7) is 0. The van der Waals surface area contributed by atoms with Crippen molar-refractivity contribution < 1.29 is 0 Å². The van der Waals surface area contributed by atoms with Crippen molar-refractivity contribution in [3.8, 4) is 44.9 Å². The van der Waals surface area contributed by atoms with E-state index in [1.165, 1.54) is 81.8 Å².